The zero-order valence-corrected chi connectivity index (χ0v) is 10.6. The lowest BCUT2D eigenvalue weighted by Crippen LogP contribution is -2.41. The van der Waals surface area contributed by atoms with Gasteiger partial charge in [0.05, 0.1) is 12.2 Å². The Kier molecular flexibility index (Phi) is 3.32. The summed E-state index contributed by atoms with van der Waals surface area (Å²) in [7, 11) is 0. The number of carbonyl (C=O) groups excluding carboxylic acids is 1. The van der Waals surface area contributed by atoms with Gasteiger partial charge < -0.3 is 14.8 Å². The number of nitrogens with zero attached hydrogens (tertiary/aromatic N) is 3. The first-order valence-electron chi connectivity index (χ1n) is 6.82. The molecule has 0 aromatic carbocycles. The van der Waals surface area contributed by atoms with Gasteiger partial charge in [0.1, 0.15) is 0 Å². The van der Waals surface area contributed by atoms with Gasteiger partial charge in [0, 0.05) is 38.1 Å². The van der Waals surface area contributed by atoms with E-state index < -0.39 is 0 Å². The first kappa shape index (κ1) is 11.7. The first-order valence-corrected chi connectivity index (χ1v) is 6.82. The van der Waals surface area contributed by atoms with Gasteiger partial charge in [-0.3, -0.25) is 4.79 Å². The van der Waals surface area contributed by atoms with Crippen molar-refractivity contribution < 1.29 is 4.79 Å². The van der Waals surface area contributed by atoms with Crippen molar-refractivity contribution in [1.29, 1.82) is 0 Å². The molecule has 0 saturated carbocycles. The number of rotatable bonds is 4. The van der Waals surface area contributed by atoms with Crippen molar-refractivity contribution in [3.63, 3.8) is 0 Å². The van der Waals surface area contributed by atoms with Gasteiger partial charge in [-0.2, -0.15) is 0 Å². The fraction of sp³-hybridized carbons (Fsp3) is 0.692. The summed E-state index contributed by atoms with van der Waals surface area (Å²) in [6, 6.07) is 0.402. The minimum absolute atomic E-state index is 0.243. The smallest absolute Gasteiger partial charge is 0.227 e. The molecule has 2 saturated heterocycles. The van der Waals surface area contributed by atoms with Crippen LogP contribution in [0.3, 0.4) is 0 Å². The molecule has 18 heavy (non-hydrogen) atoms. The molecule has 2 atom stereocenters. The predicted molar refractivity (Wildman–Crippen MR) is 67.9 cm³/mol. The second-order valence-electron chi connectivity index (χ2n) is 5.25. The van der Waals surface area contributed by atoms with Crippen LogP contribution in [0.25, 0.3) is 0 Å². The van der Waals surface area contributed by atoms with Crippen molar-refractivity contribution in [3.8, 4) is 0 Å². The highest BCUT2D eigenvalue weighted by Gasteiger charge is 2.40. The second-order valence-corrected chi connectivity index (χ2v) is 5.25. The highest BCUT2D eigenvalue weighted by molar-refractivity contribution is 5.82. The molecule has 3 rings (SSSR count). The van der Waals surface area contributed by atoms with Gasteiger partial charge >= 0.3 is 0 Å². The summed E-state index contributed by atoms with van der Waals surface area (Å²) in [6.45, 7) is 3.77. The molecule has 1 aromatic rings. The highest BCUT2D eigenvalue weighted by atomic mass is 16.2. The Hall–Kier alpha value is -1.36. The maximum atomic E-state index is 12.2. The molecule has 2 unspecified atom stereocenters. The quantitative estimate of drug-likeness (QED) is 0.843. The molecule has 5 heteroatoms. The molecular weight excluding hydrogens is 228 g/mol. The van der Waals surface area contributed by atoms with Gasteiger partial charge in [-0.15, -0.1) is 0 Å². The number of nitrogens with one attached hydrogen (secondary N) is 1. The summed E-state index contributed by atoms with van der Waals surface area (Å²) in [5.41, 5.74) is 0. The van der Waals surface area contributed by atoms with Crippen molar-refractivity contribution in [1.82, 2.24) is 19.8 Å². The minimum atomic E-state index is 0.243. The van der Waals surface area contributed by atoms with Crippen LogP contribution in [0.4, 0.5) is 0 Å². The van der Waals surface area contributed by atoms with Crippen LogP contribution in [0.1, 0.15) is 19.3 Å². The number of carbonyl (C=O) groups is 1. The SMILES string of the molecule is O=C1C2CCCNC2CN1CCCn1ccnc1. The monoisotopic (exact) mass is 248 g/mol. The summed E-state index contributed by atoms with van der Waals surface area (Å²) < 4.78 is 2.06. The summed E-state index contributed by atoms with van der Waals surface area (Å²) in [4.78, 5) is 18.3. The molecule has 0 bridgehead atoms. The maximum absolute atomic E-state index is 12.2. The van der Waals surface area contributed by atoms with Gasteiger partial charge in [-0.1, -0.05) is 0 Å². The number of hydrogen-bond acceptors (Lipinski definition) is 3. The van der Waals surface area contributed by atoms with Gasteiger partial charge in [0.2, 0.25) is 5.91 Å². The van der Waals surface area contributed by atoms with Crippen LogP contribution < -0.4 is 5.32 Å². The van der Waals surface area contributed by atoms with Crippen molar-refractivity contribution in [2.24, 2.45) is 5.92 Å². The van der Waals surface area contributed by atoms with E-state index in [2.05, 4.69) is 14.9 Å². The van der Waals surface area contributed by atoms with Crippen LogP contribution in [0.5, 0.6) is 0 Å². The minimum Gasteiger partial charge on any atom is -0.341 e. The molecule has 2 aliphatic rings. The molecular formula is C13H20N4O. The zero-order chi connectivity index (χ0) is 12.4. The van der Waals surface area contributed by atoms with Crippen LogP contribution >= 0.6 is 0 Å². The lowest BCUT2D eigenvalue weighted by atomic mass is 9.94. The van der Waals surface area contributed by atoms with E-state index in [-0.39, 0.29) is 5.92 Å². The van der Waals surface area contributed by atoms with E-state index in [0.29, 0.717) is 11.9 Å². The number of hydrogen-bond donors (Lipinski definition) is 1. The maximum Gasteiger partial charge on any atom is 0.227 e. The van der Waals surface area contributed by atoms with E-state index in [1.807, 2.05) is 17.4 Å². The lowest BCUT2D eigenvalue weighted by molar-refractivity contribution is -0.131. The average molecular weight is 248 g/mol. The largest absolute Gasteiger partial charge is 0.341 e. The number of amides is 1. The number of imidazole rings is 1. The van der Waals surface area contributed by atoms with Crippen molar-refractivity contribution in [2.75, 3.05) is 19.6 Å². The summed E-state index contributed by atoms with van der Waals surface area (Å²) >= 11 is 0. The molecule has 98 valence electrons. The molecule has 0 radical (unpaired) electrons. The molecule has 3 heterocycles. The lowest BCUT2D eigenvalue weighted by Gasteiger charge is -2.23. The topological polar surface area (TPSA) is 50.2 Å². The fourth-order valence-corrected chi connectivity index (χ4v) is 3.07. The molecule has 5 nitrogen and oxygen atoms in total. The number of aryl methyl sites for hydroxylation is 1. The first-order chi connectivity index (χ1) is 8.84. The Morgan fingerprint density at radius 2 is 2.39 bits per heavy atom. The standard InChI is InChI=1S/C13H20N4O/c18-13-11-3-1-4-15-12(11)9-17(13)7-2-6-16-8-5-14-10-16/h5,8,10-12,15H,1-4,6-7,9H2. The normalized spacial score (nSPS) is 27.6. The number of likely N-dealkylation sites (tertiary alicyclic amines) is 1. The van der Waals surface area contributed by atoms with E-state index in [0.717, 1.165) is 45.4 Å². The highest BCUT2D eigenvalue weighted by Crippen LogP contribution is 2.26. The van der Waals surface area contributed by atoms with E-state index >= 15 is 0 Å². The van der Waals surface area contributed by atoms with Crippen LogP contribution in [0.15, 0.2) is 18.7 Å². The molecule has 0 spiro atoms. The van der Waals surface area contributed by atoms with Gasteiger partial charge in [-0.05, 0) is 25.8 Å². The number of aromatic nitrogens is 2. The Morgan fingerprint density at radius 1 is 1.44 bits per heavy atom. The van der Waals surface area contributed by atoms with E-state index in [4.69, 9.17) is 0 Å². The summed E-state index contributed by atoms with van der Waals surface area (Å²) in [5.74, 6) is 0.602. The molecule has 2 fully saturated rings. The van der Waals surface area contributed by atoms with Crippen LogP contribution in [0.2, 0.25) is 0 Å². The van der Waals surface area contributed by atoms with Crippen molar-refractivity contribution in [2.45, 2.75) is 31.8 Å². The van der Waals surface area contributed by atoms with E-state index in [1.165, 1.54) is 0 Å². The Labute approximate surface area is 107 Å². The third-order valence-corrected chi connectivity index (χ3v) is 4.03. The molecule has 0 aliphatic carbocycles. The van der Waals surface area contributed by atoms with Crippen LogP contribution in [-0.2, 0) is 11.3 Å². The van der Waals surface area contributed by atoms with Crippen LogP contribution in [0, 0.1) is 5.92 Å². The fourth-order valence-electron chi connectivity index (χ4n) is 3.07. The van der Waals surface area contributed by atoms with E-state index in [9.17, 15) is 4.79 Å². The average Bonchev–Trinajstić information content (AvgIpc) is 3.00. The number of piperidine rings is 1. The molecule has 1 N–H and O–H groups in total. The number of fused-ring (bicyclic) bond motifs is 1. The van der Waals surface area contributed by atoms with Crippen LogP contribution in [-0.4, -0.2) is 46.0 Å². The van der Waals surface area contributed by atoms with Gasteiger partial charge in [-0.25, -0.2) is 4.98 Å². The Bertz CT molecular complexity index is 403. The molecule has 1 amide bonds. The van der Waals surface area contributed by atoms with Gasteiger partial charge in [0.15, 0.2) is 0 Å². The molecule has 1 aromatic heterocycles. The molecule has 2 aliphatic heterocycles. The van der Waals surface area contributed by atoms with E-state index in [1.54, 1.807) is 6.20 Å². The second kappa shape index (κ2) is 5.10. The van der Waals surface area contributed by atoms with Gasteiger partial charge in [0.25, 0.3) is 0 Å². The summed E-state index contributed by atoms with van der Waals surface area (Å²) in [5, 5.41) is 3.47. The van der Waals surface area contributed by atoms with Crippen molar-refractivity contribution in [3.05, 3.63) is 18.7 Å². The third kappa shape index (κ3) is 2.27. The Balaban J connectivity index is 1.50. The third-order valence-electron chi connectivity index (χ3n) is 4.03. The van der Waals surface area contributed by atoms with Crippen molar-refractivity contribution >= 4 is 5.91 Å². The Morgan fingerprint density at radius 3 is 3.17 bits per heavy atom. The predicted octanol–water partition coefficient (Wildman–Crippen LogP) is 0.484. The zero-order valence-electron chi connectivity index (χ0n) is 10.6. The summed E-state index contributed by atoms with van der Waals surface area (Å²) in [6.07, 6.45) is 8.78.